The molecule has 39 heavy (non-hydrogen) atoms. The number of imide groups is 1. The molecule has 0 saturated carbocycles. The number of amides is 2. The van der Waals surface area contributed by atoms with E-state index in [0.29, 0.717) is 9.47 Å². The summed E-state index contributed by atoms with van der Waals surface area (Å²) in [6, 6.07) is 0. The average Bonchev–Trinajstić information content (AvgIpc) is 2.75. The zero-order valence-corrected chi connectivity index (χ0v) is 22.9. The van der Waals surface area contributed by atoms with Crippen LogP contribution in [-0.2, 0) is 41.2 Å². The molecule has 2 heterocycles. The first-order chi connectivity index (χ1) is 17.8. The predicted molar refractivity (Wildman–Crippen MR) is 137 cm³/mol. The third-order valence-electron chi connectivity index (χ3n) is 5.82. The second kappa shape index (κ2) is 11.6. The van der Waals surface area contributed by atoms with E-state index in [9.17, 15) is 45.9 Å². The maximum Gasteiger partial charge on any atom is 0.266 e. The van der Waals surface area contributed by atoms with Gasteiger partial charge in [0, 0.05) is 24.2 Å². The lowest BCUT2D eigenvalue weighted by Gasteiger charge is -2.28. The highest BCUT2D eigenvalue weighted by Gasteiger charge is 2.37. The highest BCUT2D eigenvalue weighted by Crippen LogP contribution is 2.27. The normalized spacial score (nSPS) is 16.1. The van der Waals surface area contributed by atoms with Crippen molar-refractivity contribution in [1.29, 1.82) is 0 Å². The van der Waals surface area contributed by atoms with Crippen molar-refractivity contribution in [3.05, 3.63) is 55.9 Å². The smallest absolute Gasteiger partial charge is 0.266 e. The summed E-state index contributed by atoms with van der Waals surface area (Å²) in [5.41, 5.74) is -1.99. The van der Waals surface area contributed by atoms with E-state index in [1.807, 2.05) is 0 Å². The fourth-order valence-corrected chi connectivity index (χ4v) is 4.79. The van der Waals surface area contributed by atoms with E-state index in [-0.39, 0.29) is 27.8 Å². The van der Waals surface area contributed by atoms with Gasteiger partial charge in [-0.2, -0.15) is 16.8 Å². The van der Waals surface area contributed by atoms with Crippen LogP contribution in [0, 0.1) is 6.92 Å². The number of aromatic nitrogens is 1. The molecule has 1 aromatic heterocycles. The first-order valence-corrected chi connectivity index (χ1v) is 14.3. The van der Waals surface area contributed by atoms with Crippen LogP contribution in [-0.4, -0.2) is 81.9 Å². The number of pyridine rings is 1. The van der Waals surface area contributed by atoms with Gasteiger partial charge in [-0.15, -0.1) is 0 Å². The molecule has 3 N–H and O–H groups in total. The van der Waals surface area contributed by atoms with E-state index in [1.54, 1.807) is 0 Å². The second-order valence-electron chi connectivity index (χ2n) is 8.58. The first kappa shape index (κ1) is 31.5. The summed E-state index contributed by atoms with van der Waals surface area (Å²) >= 11 is 0. The molecule has 0 aromatic carbocycles. The van der Waals surface area contributed by atoms with Gasteiger partial charge in [-0.25, -0.2) is 0 Å². The number of ketones is 2. The third-order valence-corrected chi connectivity index (χ3v) is 7.22. The Balaban J connectivity index is 2.68. The van der Waals surface area contributed by atoms with Crippen LogP contribution < -0.4 is 5.56 Å². The van der Waals surface area contributed by atoms with Gasteiger partial charge in [0.25, 0.3) is 37.6 Å². The van der Waals surface area contributed by atoms with Crippen molar-refractivity contribution in [1.82, 2.24) is 9.47 Å². The number of rotatable bonds is 10. The van der Waals surface area contributed by atoms with Crippen molar-refractivity contribution >= 4 is 49.7 Å². The largest absolute Gasteiger partial charge is 0.494 e. The SMILES string of the molecule is CC(=O)C1=C(C)C(=CC=Cc2c(C)c(C(C)=O)c(O)n(CCS(=O)(=O)O)c2=O)C(=O)N(CCS(=O)(=O)O)C1=O. The summed E-state index contributed by atoms with van der Waals surface area (Å²) < 4.78 is 63.3. The van der Waals surface area contributed by atoms with Gasteiger partial charge in [0.2, 0.25) is 5.88 Å². The minimum Gasteiger partial charge on any atom is -0.494 e. The number of carbonyl (C=O) groups is 4. The number of aromatic hydroxyl groups is 1. The first-order valence-electron chi connectivity index (χ1n) is 11.1. The minimum atomic E-state index is -4.55. The standard InChI is InChI=1S/C23H26N2O12S2/c1-12-16(20(28)24(8-10-38(32,33)34)22(30)18(12)14(3)26)6-5-7-17-13(2)19(15(4)27)23(31)25(21(17)29)9-11-39(35,36)37/h5-7,30H,8-11H2,1-4H3,(H,32,33,34)(H,35,36,37). The van der Waals surface area contributed by atoms with Crippen LogP contribution >= 0.6 is 0 Å². The fourth-order valence-electron chi connectivity index (χ4n) is 3.96. The van der Waals surface area contributed by atoms with Crippen LogP contribution in [0.3, 0.4) is 0 Å². The van der Waals surface area contributed by atoms with Gasteiger partial charge in [-0.3, -0.25) is 42.5 Å². The topological polar surface area (TPSA) is 222 Å². The van der Waals surface area contributed by atoms with E-state index in [1.165, 1.54) is 19.9 Å². The van der Waals surface area contributed by atoms with Crippen molar-refractivity contribution in [3.8, 4) is 5.88 Å². The fraction of sp³-hybridized carbons (Fsp3) is 0.348. The van der Waals surface area contributed by atoms with Gasteiger partial charge >= 0.3 is 0 Å². The maximum absolute atomic E-state index is 13.0. The molecule has 16 heteroatoms. The van der Waals surface area contributed by atoms with Crippen LogP contribution in [0.25, 0.3) is 6.08 Å². The van der Waals surface area contributed by atoms with Crippen molar-refractivity contribution in [2.75, 3.05) is 18.1 Å². The summed E-state index contributed by atoms with van der Waals surface area (Å²) in [5, 5.41) is 10.4. The molecule has 1 aromatic rings. The Morgan fingerprint density at radius 3 is 1.90 bits per heavy atom. The van der Waals surface area contributed by atoms with Crippen LogP contribution in [0.5, 0.6) is 5.88 Å². The van der Waals surface area contributed by atoms with Crippen LogP contribution in [0.4, 0.5) is 0 Å². The Hall–Kier alpha value is -3.73. The van der Waals surface area contributed by atoms with Crippen molar-refractivity contribution in [2.45, 2.75) is 34.2 Å². The van der Waals surface area contributed by atoms with E-state index in [2.05, 4.69) is 0 Å². The number of hydrogen-bond donors (Lipinski definition) is 3. The van der Waals surface area contributed by atoms with E-state index in [4.69, 9.17) is 9.11 Å². The molecule has 0 bridgehead atoms. The molecule has 2 amide bonds. The molecule has 0 radical (unpaired) electrons. The van der Waals surface area contributed by atoms with Gasteiger partial charge in [0.05, 0.1) is 22.6 Å². The molecule has 0 fully saturated rings. The quantitative estimate of drug-likeness (QED) is 0.109. The van der Waals surface area contributed by atoms with Gasteiger partial charge in [0.1, 0.15) is 0 Å². The molecular formula is C23H26N2O12S2. The molecule has 0 unspecified atom stereocenters. The number of allylic oxidation sites excluding steroid dienone is 2. The number of Topliss-reactive ketones (excluding diaryl/α,β-unsaturated/α-hetero) is 2. The molecule has 14 nitrogen and oxygen atoms in total. The second-order valence-corrected chi connectivity index (χ2v) is 11.7. The summed E-state index contributed by atoms with van der Waals surface area (Å²) in [6.45, 7) is 3.41. The number of carbonyl (C=O) groups excluding carboxylic acids is 4. The van der Waals surface area contributed by atoms with E-state index < -0.39 is 85.2 Å². The predicted octanol–water partition coefficient (Wildman–Crippen LogP) is 0.0544. The molecule has 0 atom stereocenters. The summed E-state index contributed by atoms with van der Waals surface area (Å²) in [4.78, 5) is 63.4. The Morgan fingerprint density at radius 2 is 1.41 bits per heavy atom. The molecule has 0 aliphatic carbocycles. The molecular weight excluding hydrogens is 560 g/mol. The highest BCUT2D eigenvalue weighted by atomic mass is 32.2. The minimum absolute atomic E-state index is 0.0253. The lowest BCUT2D eigenvalue weighted by Crippen LogP contribution is -2.46. The van der Waals surface area contributed by atoms with E-state index in [0.717, 1.165) is 26.0 Å². The zero-order valence-electron chi connectivity index (χ0n) is 21.3. The van der Waals surface area contributed by atoms with Gasteiger partial charge in [-0.1, -0.05) is 6.08 Å². The third kappa shape index (κ3) is 7.23. The highest BCUT2D eigenvalue weighted by molar-refractivity contribution is 7.86. The summed E-state index contributed by atoms with van der Waals surface area (Å²) in [6.07, 6.45) is 3.45. The Morgan fingerprint density at radius 1 is 0.872 bits per heavy atom. The molecule has 212 valence electrons. The zero-order chi connectivity index (χ0) is 30.0. The Kier molecular flexibility index (Phi) is 9.34. The van der Waals surface area contributed by atoms with Crippen molar-refractivity contribution in [3.63, 3.8) is 0 Å². The van der Waals surface area contributed by atoms with Crippen LogP contribution in [0.15, 0.2) is 33.7 Å². The molecule has 2 rings (SSSR count). The van der Waals surface area contributed by atoms with Crippen molar-refractivity contribution in [2.24, 2.45) is 0 Å². The van der Waals surface area contributed by atoms with Gasteiger partial charge < -0.3 is 5.11 Å². The Labute approximate surface area is 223 Å². The van der Waals surface area contributed by atoms with Gasteiger partial charge in [-0.05, 0) is 51.0 Å². The lowest BCUT2D eigenvalue weighted by molar-refractivity contribution is -0.141. The van der Waals surface area contributed by atoms with Gasteiger partial charge in [0.15, 0.2) is 11.6 Å². The molecule has 1 aliphatic rings. The lowest BCUT2D eigenvalue weighted by atomic mass is 9.92. The number of nitrogens with zero attached hydrogens (tertiary/aromatic N) is 2. The van der Waals surface area contributed by atoms with Crippen LogP contribution in [0.1, 0.15) is 42.3 Å². The summed E-state index contributed by atoms with van der Waals surface area (Å²) in [5.74, 6) is -6.09. The van der Waals surface area contributed by atoms with Crippen LogP contribution in [0.2, 0.25) is 0 Å². The Bertz CT molecular complexity index is 1640. The monoisotopic (exact) mass is 586 g/mol. The van der Waals surface area contributed by atoms with E-state index >= 15 is 0 Å². The summed E-state index contributed by atoms with van der Waals surface area (Å²) in [7, 11) is -9.08. The molecule has 1 aliphatic heterocycles. The molecule has 0 saturated heterocycles. The van der Waals surface area contributed by atoms with Crippen molar-refractivity contribution < 1.29 is 50.2 Å². The maximum atomic E-state index is 13.0. The molecule has 0 spiro atoms. The number of hydrogen-bond acceptors (Lipinski definition) is 10. The average molecular weight is 587 g/mol.